The summed E-state index contributed by atoms with van der Waals surface area (Å²) in [6.45, 7) is 0.168. The molecule has 3 rings (SSSR count). The van der Waals surface area contributed by atoms with Crippen molar-refractivity contribution in [3.8, 4) is 0 Å². The number of anilines is 1. The lowest BCUT2D eigenvalue weighted by Crippen LogP contribution is -2.33. The zero-order valence-corrected chi connectivity index (χ0v) is 14.1. The van der Waals surface area contributed by atoms with Crippen molar-refractivity contribution in [2.75, 3.05) is 18.9 Å². The van der Waals surface area contributed by atoms with Gasteiger partial charge >= 0.3 is 6.18 Å². The van der Waals surface area contributed by atoms with E-state index in [0.717, 1.165) is 18.3 Å². The SMILES string of the molecule is CN1C[C@@H](c2ccc(C(F)(F)F)cc2)[C@H](C(=O)Nc2ccncc2F)C1=O. The molecular weight excluding hydrogens is 366 g/mol. The van der Waals surface area contributed by atoms with E-state index in [1.54, 1.807) is 0 Å². The lowest BCUT2D eigenvalue weighted by Gasteiger charge is -2.18. The predicted molar refractivity (Wildman–Crippen MR) is 88.1 cm³/mol. The maximum Gasteiger partial charge on any atom is 0.416 e. The van der Waals surface area contributed by atoms with E-state index in [2.05, 4.69) is 10.3 Å². The van der Waals surface area contributed by atoms with E-state index in [-0.39, 0.29) is 12.2 Å². The first-order chi connectivity index (χ1) is 12.7. The zero-order valence-electron chi connectivity index (χ0n) is 14.1. The Bertz CT molecular complexity index is 868. The van der Waals surface area contributed by atoms with E-state index in [4.69, 9.17) is 0 Å². The van der Waals surface area contributed by atoms with Gasteiger partial charge in [-0.3, -0.25) is 14.6 Å². The second-order valence-electron chi connectivity index (χ2n) is 6.27. The van der Waals surface area contributed by atoms with Crippen molar-refractivity contribution in [2.45, 2.75) is 12.1 Å². The molecule has 0 radical (unpaired) electrons. The van der Waals surface area contributed by atoms with E-state index in [1.807, 2.05) is 0 Å². The van der Waals surface area contributed by atoms with E-state index in [0.29, 0.717) is 5.56 Å². The monoisotopic (exact) mass is 381 g/mol. The highest BCUT2D eigenvalue weighted by Gasteiger charge is 2.44. The first kappa shape index (κ1) is 18.8. The van der Waals surface area contributed by atoms with Crippen LogP contribution in [0, 0.1) is 11.7 Å². The maximum absolute atomic E-state index is 13.7. The first-order valence-corrected chi connectivity index (χ1v) is 8.01. The lowest BCUT2D eigenvalue weighted by atomic mass is 9.87. The molecule has 1 aliphatic heterocycles. The van der Waals surface area contributed by atoms with Gasteiger partial charge in [0.25, 0.3) is 0 Å². The van der Waals surface area contributed by atoms with Crippen LogP contribution < -0.4 is 5.32 Å². The van der Waals surface area contributed by atoms with Gasteiger partial charge in [0, 0.05) is 25.7 Å². The fourth-order valence-electron chi connectivity index (χ4n) is 3.10. The third kappa shape index (κ3) is 3.76. The summed E-state index contributed by atoms with van der Waals surface area (Å²) in [7, 11) is 1.50. The van der Waals surface area contributed by atoms with Crippen LogP contribution in [0.15, 0.2) is 42.7 Å². The fraction of sp³-hybridized carbons (Fsp3) is 0.278. The molecule has 142 valence electrons. The third-order valence-electron chi connectivity index (χ3n) is 4.49. The van der Waals surface area contributed by atoms with Crippen molar-refractivity contribution < 1.29 is 27.2 Å². The van der Waals surface area contributed by atoms with Crippen LogP contribution in [-0.2, 0) is 15.8 Å². The molecule has 2 aromatic rings. The molecule has 1 aliphatic rings. The molecule has 2 heterocycles. The lowest BCUT2D eigenvalue weighted by molar-refractivity contribution is -0.138. The summed E-state index contributed by atoms with van der Waals surface area (Å²) in [6.07, 6.45) is -2.27. The summed E-state index contributed by atoms with van der Waals surface area (Å²) in [4.78, 5) is 29.9. The topological polar surface area (TPSA) is 62.3 Å². The largest absolute Gasteiger partial charge is 0.416 e. The van der Waals surface area contributed by atoms with Crippen molar-refractivity contribution in [1.82, 2.24) is 9.88 Å². The van der Waals surface area contributed by atoms with Gasteiger partial charge in [0.05, 0.1) is 17.4 Å². The van der Waals surface area contributed by atoms with Crippen molar-refractivity contribution in [1.29, 1.82) is 0 Å². The molecule has 0 saturated carbocycles. The summed E-state index contributed by atoms with van der Waals surface area (Å²) < 4.78 is 51.9. The molecule has 1 aromatic heterocycles. The number of likely N-dealkylation sites (tertiary alicyclic amines) is 1. The van der Waals surface area contributed by atoms with Crippen molar-refractivity contribution >= 4 is 17.5 Å². The van der Waals surface area contributed by atoms with Gasteiger partial charge in [-0.25, -0.2) is 4.39 Å². The number of hydrogen-bond donors (Lipinski definition) is 1. The Morgan fingerprint density at radius 1 is 1.22 bits per heavy atom. The molecule has 0 aliphatic carbocycles. The normalized spacial score (nSPS) is 20.0. The third-order valence-corrected chi connectivity index (χ3v) is 4.49. The van der Waals surface area contributed by atoms with Crippen LogP contribution in [0.5, 0.6) is 0 Å². The average molecular weight is 381 g/mol. The second kappa shape index (κ2) is 6.98. The van der Waals surface area contributed by atoms with Gasteiger partial charge in [-0.2, -0.15) is 13.2 Å². The molecule has 2 atom stereocenters. The summed E-state index contributed by atoms with van der Waals surface area (Å²) >= 11 is 0. The molecular formula is C18H15F4N3O2. The molecule has 2 amide bonds. The molecule has 1 N–H and O–H groups in total. The molecule has 9 heteroatoms. The first-order valence-electron chi connectivity index (χ1n) is 8.01. The van der Waals surface area contributed by atoms with Gasteiger partial charge < -0.3 is 10.2 Å². The minimum absolute atomic E-state index is 0.122. The van der Waals surface area contributed by atoms with Gasteiger partial charge in [0.1, 0.15) is 5.92 Å². The Hall–Kier alpha value is -2.97. The molecule has 5 nitrogen and oxygen atoms in total. The van der Waals surface area contributed by atoms with Crippen LogP contribution in [0.1, 0.15) is 17.0 Å². The number of carbonyl (C=O) groups is 2. The quantitative estimate of drug-likeness (QED) is 0.657. The highest BCUT2D eigenvalue weighted by Crippen LogP contribution is 2.36. The average Bonchev–Trinajstić information content (AvgIpc) is 2.91. The molecule has 0 spiro atoms. The number of nitrogens with zero attached hydrogens (tertiary/aromatic N) is 2. The standard InChI is InChI=1S/C18H15F4N3O2/c1-25-9-12(10-2-4-11(5-3-10)18(20,21)22)15(17(25)27)16(26)24-14-6-7-23-8-13(14)19/h2-8,12,15H,9H2,1H3,(H,23,24,26)/t12-,15+/m0/s1. The van der Waals surface area contributed by atoms with E-state index >= 15 is 0 Å². The highest BCUT2D eigenvalue weighted by molar-refractivity contribution is 6.08. The Kier molecular flexibility index (Phi) is 4.86. The van der Waals surface area contributed by atoms with Crippen LogP contribution in [0.3, 0.4) is 0 Å². The molecule has 1 aromatic carbocycles. The Balaban J connectivity index is 1.87. The van der Waals surface area contributed by atoms with E-state index in [1.165, 1.54) is 36.3 Å². The van der Waals surface area contributed by atoms with Crippen LogP contribution >= 0.6 is 0 Å². The number of nitrogens with one attached hydrogen (secondary N) is 1. The Labute approximate surface area is 152 Å². The number of benzene rings is 1. The Morgan fingerprint density at radius 2 is 1.89 bits per heavy atom. The Morgan fingerprint density at radius 3 is 2.48 bits per heavy atom. The molecule has 1 saturated heterocycles. The number of likely N-dealkylation sites (N-methyl/N-ethyl adjacent to an activating group) is 1. The van der Waals surface area contributed by atoms with Gasteiger partial charge in [-0.1, -0.05) is 12.1 Å². The fourth-order valence-corrected chi connectivity index (χ4v) is 3.10. The van der Waals surface area contributed by atoms with Gasteiger partial charge in [0.15, 0.2) is 5.82 Å². The van der Waals surface area contributed by atoms with Crippen LogP contribution in [-0.4, -0.2) is 35.3 Å². The highest BCUT2D eigenvalue weighted by atomic mass is 19.4. The van der Waals surface area contributed by atoms with E-state index < -0.39 is 41.2 Å². The maximum atomic E-state index is 13.7. The molecule has 0 unspecified atom stereocenters. The van der Waals surface area contributed by atoms with Gasteiger partial charge in [0.2, 0.25) is 11.8 Å². The zero-order chi connectivity index (χ0) is 19.8. The summed E-state index contributed by atoms with van der Waals surface area (Å²) in [6, 6.07) is 5.59. The molecule has 27 heavy (non-hydrogen) atoms. The van der Waals surface area contributed by atoms with Crippen molar-refractivity contribution in [3.05, 3.63) is 59.7 Å². The van der Waals surface area contributed by atoms with Crippen molar-refractivity contribution in [3.63, 3.8) is 0 Å². The van der Waals surface area contributed by atoms with Crippen molar-refractivity contribution in [2.24, 2.45) is 5.92 Å². The minimum atomic E-state index is -4.48. The minimum Gasteiger partial charge on any atom is -0.344 e. The number of amides is 2. The number of hydrogen-bond acceptors (Lipinski definition) is 3. The number of aromatic nitrogens is 1. The second-order valence-corrected chi connectivity index (χ2v) is 6.27. The number of pyridine rings is 1. The number of halogens is 4. The smallest absolute Gasteiger partial charge is 0.344 e. The van der Waals surface area contributed by atoms with Crippen LogP contribution in [0.25, 0.3) is 0 Å². The number of carbonyl (C=O) groups excluding carboxylic acids is 2. The molecule has 1 fully saturated rings. The summed E-state index contributed by atoms with van der Waals surface area (Å²) in [5, 5.41) is 2.36. The summed E-state index contributed by atoms with van der Waals surface area (Å²) in [5.74, 6) is -3.77. The van der Waals surface area contributed by atoms with Crippen LogP contribution in [0.4, 0.5) is 23.2 Å². The number of rotatable bonds is 3. The van der Waals surface area contributed by atoms with Gasteiger partial charge in [-0.15, -0.1) is 0 Å². The summed E-state index contributed by atoms with van der Waals surface area (Å²) in [5.41, 5.74) is -0.511. The van der Waals surface area contributed by atoms with Crippen LogP contribution in [0.2, 0.25) is 0 Å². The number of alkyl halides is 3. The van der Waals surface area contributed by atoms with E-state index in [9.17, 15) is 27.2 Å². The molecule has 0 bridgehead atoms. The van der Waals surface area contributed by atoms with Gasteiger partial charge in [-0.05, 0) is 23.8 Å². The predicted octanol–water partition coefficient (Wildman–Crippen LogP) is 3.05.